The van der Waals surface area contributed by atoms with Crippen LogP contribution in [0.1, 0.15) is 53.9 Å². The second-order valence-corrected chi connectivity index (χ2v) is 7.72. The van der Waals surface area contributed by atoms with Gasteiger partial charge in [0.05, 0.1) is 11.7 Å². The van der Waals surface area contributed by atoms with E-state index in [0.717, 1.165) is 32.5 Å². The lowest BCUT2D eigenvalue weighted by molar-refractivity contribution is -0.144. The Balaban J connectivity index is 1.99. The monoisotopic (exact) mass is 267 g/mol. The van der Waals surface area contributed by atoms with Crippen molar-refractivity contribution in [2.75, 3.05) is 19.6 Å². The van der Waals surface area contributed by atoms with Gasteiger partial charge in [0.15, 0.2) is 0 Å². The molecule has 2 unspecified atom stereocenters. The van der Waals surface area contributed by atoms with Crippen molar-refractivity contribution < 1.29 is 9.53 Å². The number of Topliss-reactive ketones (excluding diaryl/α,β-unsaturated/α-hetero) is 1. The first-order valence-electron chi connectivity index (χ1n) is 7.64. The van der Waals surface area contributed by atoms with E-state index in [-0.39, 0.29) is 23.0 Å². The SMILES string of the molecule is CC1CN(CC2CCCC(C)(C)C2=O)CC(C)(C)O1. The Morgan fingerprint density at radius 2 is 2.00 bits per heavy atom. The average Bonchev–Trinajstić information content (AvgIpc) is 2.21. The van der Waals surface area contributed by atoms with Gasteiger partial charge < -0.3 is 4.74 Å². The highest BCUT2D eigenvalue weighted by molar-refractivity contribution is 5.87. The van der Waals surface area contributed by atoms with Gasteiger partial charge in [-0.2, -0.15) is 0 Å². The summed E-state index contributed by atoms with van der Waals surface area (Å²) in [4.78, 5) is 14.9. The van der Waals surface area contributed by atoms with Crippen molar-refractivity contribution in [2.24, 2.45) is 11.3 Å². The van der Waals surface area contributed by atoms with Gasteiger partial charge in [-0.05, 0) is 33.6 Å². The molecule has 2 atom stereocenters. The predicted octanol–water partition coefficient (Wildman–Crippen LogP) is 2.88. The lowest BCUT2D eigenvalue weighted by atomic mass is 9.71. The zero-order valence-electron chi connectivity index (χ0n) is 13.2. The largest absolute Gasteiger partial charge is 0.370 e. The van der Waals surface area contributed by atoms with E-state index in [1.165, 1.54) is 6.42 Å². The third-order valence-corrected chi connectivity index (χ3v) is 4.51. The first-order chi connectivity index (χ1) is 8.70. The van der Waals surface area contributed by atoms with Crippen LogP contribution in [0.5, 0.6) is 0 Å². The molecule has 0 aromatic heterocycles. The molecule has 1 saturated carbocycles. The number of nitrogens with zero attached hydrogens (tertiary/aromatic N) is 1. The lowest BCUT2D eigenvalue weighted by Gasteiger charge is -2.44. The van der Waals surface area contributed by atoms with Crippen molar-refractivity contribution in [2.45, 2.75) is 65.6 Å². The highest BCUT2D eigenvalue weighted by Gasteiger charge is 2.39. The van der Waals surface area contributed by atoms with Crippen LogP contribution in [-0.2, 0) is 9.53 Å². The molecule has 3 heteroatoms. The smallest absolute Gasteiger partial charge is 0.142 e. The van der Waals surface area contributed by atoms with Crippen molar-refractivity contribution in [1.82, 2.24) is 4.90 Å². The van der Waals surface area contributed by atoms with Gasteiger partial charge in [-0.3, -0.25) is 9.69 Å². The minimum absolute atomic E-state index is 0.0924. The molecule has 110 valence electrons. The molecule has 1 aliphatic carbocycles. The minimum atomic E-state index is -0.115. The molecule has 1 saturated heterocycles. The fourth-order valence-corrected chi connectivity index (χ4v) is 3.81. The van der Waals surface area contributed by atoms with Crippen LogP contribution in [0.25, 0.3) is 0 Å². The quantitative estimate of drug-likeness (QED) is 0.770. The van der Waals surface area contributed by atoms with E-state index >= 15 is 0 Å². The Bertz CT molecular complexity index is 349. The van der Waals surface area contributed by atoms with Gasteiger partial charge in [-0.25, -0.2) is 0 Å². The summed E-state index contributed by atoms with van der Waals surface area (Å²) in [5, 5.41) is 0. The highest BCUT2D eigenvalue weighted by Crippen LogP contribution is 2.36. The molecule has 0 aromatic carbocycles. The summed E-state index contributed by atoms with van der Waals surface area (Å²) in [5.41, 5.74) is -0.207. The molecule has 1 aliphatic heterocycles. The highest BCUT2D eigenvalue weighted by atomic mass is 16.5. The number of rotatable bonds is 2. The molecule has 0 N–H and O–H groups in total. The van der Waals surface area contributed by atoms with Gasteiger partial charge in [0.1, 0.15) is 5.78 Å². The van der Waals surface area contributed by atoms with Gasteiger partial charge in [-0.15, -0.1) is 0 Å². The van der Waals surface area contributed by atoms with Gasteiger partial charge in [0.25, 0.3) is 0 Å². The first kappa shape index (κ1) is 15.0. The zero-order chi connectivity index (χ0) is 14.3. The van der Waals surface area contributed by atoms with Crippen LogP contribution < -0.4 is 0 Å². The number of ketones is 1. The molecule has 0 bridgehead atoms. The Kier molecular flexibility index (Phi) is 4.08. The van der Waals surface area contributed by atoms with Gasteiger partial charge in [0, 0.05) is 31.0 Å². The minimum Gasteiger partial charge on any atom is -0.370 e. The molecule has 0 amide bonds. The van der Waals surface area contributed by atoms with Crippen molar-refractivity contribution in [3.05, 3.63) is 0 Å². The number of ether oxygens (including phenoxy) is 1. The molecular formula is C16H29NO2. The van der Waals surface area contributed by atoms with Crippen molar-refractivity contribution in [3.8, 4) is 0 Å². The molecule has 0 aromatic rings. The van der Waals surface area contributed by atoms with E-state index in [0.29, 0.717) is 5.78 Å². The predicted molar refractivity (Wildman–Crippen MR) is 77.2 cm³/mol. The van der Waals surface area contributed by atoms with Crippen LogP contribution in [0.4, 0.5) is 0 Å². The molecule has 3 nitrogen and oxygen atoms in total. The first-order valence-corrected chi connectivity index (χ1v) is 7.64. The topological polar surface area (TPSA) is 29.5 Å². The van der Waals surface area contributed by atoms with Gasteiger partial charge in [0.2, 0.25) is 0 Å². The van der Waals surface area contributed by atoms with E-state index in [4.69, 9.17) is 4.74 Å². The summed E-state index contributed by atoms with van der Waals surface area (Å²) in [6.45, 7) is 13.4. The third kappa shape index (κ3) is 3.57. The van der Waals surface area contributed by atoms with Crippen molar-refractivity contribution in [1.29, 1.82) is 0 Å². The maximum absolute atomic E-state index is 12.5. The summed E-state index contributed by atoms with van der Waals surface area (Å²) in [6, 6.07) is 0. The number of hydrogen-bond acceptors (Lipinski definition) is 3. The van der Waals surface area contributed by atoms with Crippen LogP contribution in [0.2, 0.25) is 0 Å². The Morgan fingerprint density at radius 1 is 1.32 bits per heavy atom. The Hall–Kier alpha value is -0.410. The fraction of sp³-hybridized carbons (Fsp3) is 0.938. The Labute approximate surface area is 117 Å². The second-order valence-electron chi connectivity index (χ2n) is 7.72. The van der Waals surface area contributed by atoms with E-state index in [1.54, 1.807) is 0 Å². The Morgan fingerprint density at radius 3 is 2.63 bits per heavy atom. The number of carbonyl (C=O) groups excluding carboxylic acids is 1. The van der Waals surface area contributed by atoms with Crippen LogP contribution in [0.15, 0.2) is 0 Å². The molecule has 0 radical (unpaired) electrons. The summed E-state index contributed by atoms with van der Waals surface area (Å²) in [5.74, 6) is 0.695. The maximum atomic E-state index is 12.5. The molecule has 2 fully saturated rings. The third-order valence-electron chi connectivity index (χ3n) is 4.51. The van der Waals surface area contributed by atoms with Crippen LogP contribution in [0.3, 0.4) is 0 Å². The molecule has 2 aliphatic rings. The summed E-state index contributed by atoms with van der Waals surface area (Å²) >= 11 is 0. The summed E-state index contributed by atoms with van der Waals surface area (Å²) in [6.07, 6.45) is 3.56. The van der Waals surface area contributed by atoms with Gasteiger partial charge in [-0.1, -0.05) is 20.3 Å². The molecular weight excluding hydrogens is 238 g/mol. The number of hydrogen-bond donors (Lipinski definition) is 0. The molecule has 1 heterocycles. The second kappa shape index (κ2) is 5.17. The van der Waals surface area contributed by atoms with E-state index < -0.39 is 0 Å². The fourth-order valence-electron chi connectivity index (χ4n) is 3.81. The summed E-state index contributed by atoms with van der Waals surface area (Å²) in [7, 11) is 0. The molecule has 0 spiro atoms. The van der Waals surface area contributed by atoms with E-state index in [1.807, 2.05) is 0 Å². The van der Waals surface area contributed by atoms with Crippen LogP contribution >= 0.6 is 0 Å². The normalized spacial score (nSPS) is 35.3. The van der Waals surface area contributed by atoms with E-state index in [2.05, 4.69) is 39.5 Å². The van der Waals surface area contributed by atoms with Crippen LogP contribution in [-0.4, -0.2) is 42.0 Å². The lowest BCUT2D eigenvalue weighted by Crippen LogP contribution is -2.54. The van der Waals surface area contributed by atoms with Gasteiger partial charge >= 0.3 is 0 Å². The number of morpholine rings is 1. The average molecular weight is 267 g/mol. The maximum Gasteiger partial charge on any atom is 0.142 e. The zero-order valence-corrected chi connectivity index (χ0v) is 13.2. The number of carbonyl (C=O) groups is 1. The van der Waals surface area contributed by atoms with E-state index in [9.17, 15) is 4.79 Å². The molecule has 2 rings (SSSR count). The standard InChI is InChI=1S/C16H29NO2/c1-12-9-17(11-16(4,5)19-12)10-13-7-6-8-15(2,3)14(13)18/h12-13H,6-11H2,1-5H3. The molecule has 19 heavy (non-hydrogen) atoms. The summed E-state index contributed by atoms with van der Waals surface area (Å²) < 4.78 is 5.93. The van der Waals surface area contributed by atoms with Crippen LogP contribution in [0, 0.1) is 11.3 Å². The van der Waals surface area contributed by atoms with Crippen molar-refractivity contribution in [3.63, 3.8) is 0 Å². The van der Waals surface area contributed by atoms with Crippen molar-refractivity contribution >= 4 is 5.78 Å².